The standard InChI is InChI=1S/C23H23FN2O2S/c24-20-5-7-21(8-6-20)28-15-23(27)25-13-22(19-10-12-29-16-19)26-11-9-17-3-1-2-4-18(17)14-26/h1-8,10,12,16,22H,9,11,13-15H2,(H,25,27)/t22-/m1/s1. The Kier molecular flexibility index (Phi) is 6.22. The second-order valence-electron chi connectivity index (χ2n) is 7.11. The van der Waals surface area contributed by atoms with E-state index in [9.17, 15) is 9.18 Å². The van der Waals surface area contributed by atoms with Crippen molar-refractivity contribution in [1.82, 2.24) is 10.2 Å². The SMILES string of the molecule is O=C(COc1ccc(F)cc1)NC[C@H](c1ccsc1)N1CCc2ccccc2C1. The van der Waals surface area contributed by atoms with E-state index in [-0.39, 0.29) is 24.4 Å². The number of amides is 1. The minimum absolute atomic E-state index is 0.0924. The zero-order chi connectivity index (χ0) is 20.1. The summed E-state index contributed by atoms with van der Waals surface area (Å²) >= 11 is 1.67. The van der Waals surface area contributed by atoms with E-state index in [1.165, 1.54) is 41.0 Å². The van der Waals surface area contributed by atoms with Gasteiger partial charge in [-0.05, 0) is 64.2 Å². The monoisotopic (exact) mass is 410 g/mol. The first kappa shape index (κ1) is 19.6. The second-order valence-corrected chi connectivity index (χ2v) is 7.89. The maximum atomic E-state index is 13.0. The highest BCUT2D eigenvalue weighted by molar-refractivity contribution is 7.07. The number of halogens is 1. The van der Waals surface area contributed by atoms with Crippen LogP contribution in [0, 0.1) is 5.82 Å². The van der Waals surface area contributed by atoms with Crippen molar-refractivity contribution in [2.45, 2.75) is 19.0 Å². The Bertz CT molecular complexity index is 944. The molecule has 2 heterocycles. The summed E-state index contributed by atoms with van der Waals surface area (Å²) in [7, 11) is 0. The molecule has 1 atom stereocenters. The van der Waals surface area contributed by atoms with Gasteiger partial charge in [0, 0.05) is 19.6 Å². The number of carbonyl (C=O) groups is 1. The van der Waals surface area contributed by atoms with Gasteiger partial charge in [0.15, 0.2) is 6.61 Å². The van der Waals surface area contributed by atoms with Crippen molar-refractivity contribution in [2.75, 3.05) is 19.7 Å². The van der Waals surface area contributed by atoms with Gasteiger partial charge in [-0.3, -0.25) is 9.69 Å². The Morgan fingerprint density at radius 3 is 2.69 bits per heavy atom. The fourth-order valence-electron chi connectivity index (χ4n) is 3.65. The molecule has 3 aromatic rings. The molecule has 150 valence electrons. The van der Waals surface area contributed by atoms with Crippen LogP contribution in [0.5, 0.6) is 5.75 Å². The van der Waals surface area contributed by atoms with Crippen LogP contribution in [-0.2, 0) is 17.8 Å². The molecule has 6 heteroatoms. The summed E-state index contributed by atoms with van der Waals surface area (Å²) in [5, 5.41) is 7.21. The molecule has 1 amide bonds. The first-order chi connectivity index (χ1) is 14.2. The van der Waals surface area contributed by atoms with E-state index >= 15 is 0 Å². The highest BCUT2D eigenvalue weighted by atomic mass is 32.1. The Hall–Kier alpha value is -2.70. The van der Waals surface area contributed by atoms with Gasteiger partial charge in [0.2, 0.25) is 0 Å². The largest absolute Gasteiger partial charge is 0.484 e. The van der Waals surface area contributed by atoms with E-state index < -0.39 is 0 Å². The van der Waals surface area contributed by atoms with Crippen LogP contribution in [0.25, 0.3) is 0 Å². The molecule has 2 aromatic carbocycles. The van der Waals surface area contributed by atoms with Crippen LogP contribution in [0.15, 0.2) is 65.4 Å². The van der Waals surface area contributed by atoms with Gasteiger partial charge >= 0.3 is 0 Å². The van der Waals surface area contributed by atoms with E-state index in [1.807, 2.05) is 0 Å². The Labute approximate surface area is 173 Å². The van der Waals surface area contributed by atoms with Gasteiger partial charge in [-0.1, -0.05) is 24.3 Å². The van der Waals surface area contributed by atoms with Crippen LogP contribution in [-0.4, -0.2) is 30.5 Å². The van der Waals surface area contributed by atoms with Gasteiger partial charge in [0.1, 0.15) is 11.6 Å². The fraction of sp³-hybridized carbons (Fsp3) is 0.261. The number of rotatable bonds is 7. The van der Waals surface area contributed by atoms with Crippen molar-refractivity contribution in [2.24, 2.45) is 0 Å². The van der Waals surface area contributed by atoms with Crippen molar-refractivity contribution >= 4 is 17.2 Å². The van der Waals surface area contributed by atoms with Crippen molar-refractivity contribution in [3.05, 3.63) is 87.9 Å². The quantitative estimate of drug-likeness (QED) is 0.635. The number of ether oxygens (including phenoxy) is 1. The van der Waals surface area contributed by atoms with Gasteiger partial charge in [0.05, 0.1) is 6.04 Å². The molecule has 0 bridgehead atoms. The predicted molar refractivity (Wildman–Crippen MR) is 113 cm³/mol. The lowest BCUT2D eigenvalue weighted by Gasteiger charge is -2.35. The predicted octanol–water partition coefficient (Wildman–Crippen LogP) is 4.18. The van der Waals surface area contributed by atoms with Crippen molar-refractivity contribution in [3.63, 3.8) is 0 Å². The summed E-state index contributed by atoms with van der Waals surface area (Å²) in [5.74, 6) is -0.0425. The number of nitrogens with one attached hydrogen (secondary N) is 1. The molecule has 4 rings (SSSR count). The average Bonchev–Trinajstić information content (AvgIpc) is 3.28. The van der Waals surface area contributed by atoms with Crippen LogP contribution in [0.2, 0.25) is 0 Å². The molecule has 0 saturated heterocycles. The first-order valence-corrected chi connectivity index (χ1v) is 10.6. The summed E-state index contributed by atoms with van der Waals surface area (Å²) in [5.41, 5.74) is 3.98. The maximum Gasteiger partial charge on any atom is 0.258 e. The maximum absolute atomic E-state index is 13.0. The van der Waals surface area contributed by atoms with Gasteiger partial charge in [-0.2, -0.15) is 11.3 Å². The molecule has 0 aliphatic carbocycles. The van der Waals surface area contributed by atoms with Crippen LogP contribution < -0.4 is 10.1 Å². The van der Waals surface area contributed by atoms with Gasteiger partial charge < -0.3 is 10.1 Å². The van der Waals surface area contributed by atoms with E-state index in [0.717, 1.165) is 19.5 Å². The number of fused-ring (bicyclic) bond motifs is 1. The van der Waals surface area contributed by atoms with E-state index in [2.05, 4.69) is 51.3 Å². The fourth-order valence-corrected chi connectivity index (χ4v) is 4.35. The third kappa shape index (κ3) is 5.02. The Morgan fingerprint density at radius 2 is 1.93 bits per heavy atom. The Morgan fingerprint density at radius 1 is 1.14 bits per heavy atom. The minimum Gasteiger partial charge on any atom is -0.484 e. The van der Waals surface area contributed by atoms with E-state index in [0.29, 0.717) is 12.3 Å². The molecular weight excluding hydrogens is 387 g/mol. The van der Waals surface area contributed by atoms with Crippen molar-refractivity contribution in [3.8, 4) is 5.75 Å². The van der Waals surface area contributed by atoms with Crippen LogP contribution in [0.4, 0.5) is 4.39 Å². The second kappa shape index (κ2) is 9.20. The summed E-state index contributed by atoms with van der Waals surface area (Å²) in [6.07, 6.45) is 1.01. The molecule has 0 saturated carbocycles. The molecule has 29 heavy (non-hydrogen) atoms. The lowest BCUT2D eigenvalue weighted by molar-refractivity contribution is -0.123. The number of thiophene rings is 1. The zero-order valence-electron chi connectivity index (χ0n) is 16.0. The molecule has 4 nitrogen and oxygen atoms in total. The van der Waals surface area contributed by atoms with Gasteiger partial charge in [-0.15, -0.1) is 0 Å². The smallest absolute Gasteiger partial charge is 0.258 e. The minimum atomic E-state index is -0.330. The molecule has 0 radical (unpaired) electrons. The number of carbonyl (C=O) groups excluding carboxylic acids is 1. The molecule has 1 aliphatic rings. The van der Waals surface area contributed by atoms with Crippen LogP contribution in [0.3, 0.4) is 0 Å². The first-order valence-electron chi connectivity index (χ1n) is 9.67. The topological polar surface area (TPSA) is 41.6 Å². The lowest BCUT2D eigenvalue weighted by Crippen LogP contribution is -2.41. The molecule has 1 N–H and O–H groups in total. The van der Waals surface area contributed by atoms with Gasteiger partial charge in [0.25, 0.3) is 5.91 Å². The number of benzene rings is 2. The summed E-state index contributed by atoms with van der Waals surface area (Å²) < 4.78 is 18.4. The van der Waals surface area contributed by atoms with Crippen LogP contribution in [0.1, 0.15) is 22.7 Å². The highest BCUT2D eigenvalue weighted by Crippen LogP contribution is 2.28. The molecule has 0 fully saturated rings. The number of nitrogens with zero attached hydrogens (tertiary/aromatic N) is 1. The van der Waals surface area contributed by atoms with E-state index in [1.54, 1.807) is 11.3 Å². The van der Waals surface area contributed by atoms with Crippen molar-refractivity contribution < 1.29 is 13.9 Å². The van der Waals surface area contributed by atoms with E-state index in [4.69, 9.17) is 4.74 Å². The normalized spacial score (nSPS) is 14.8. The van der Waals surface area contributed by atoms with Gasteiger partial charge in [-0.25, -0.2) is 4.39 Å². The summed E-state index contributed by atoms with van der Waals surface area (Å²) in [6, 6.07) is 16.4. The molecule has 1 aliphatic heterocycles. The number of hydrogen-bond acceptors (Lipinski definition) is 4. The molecule has 1 aromatic heterocycles. The molecule has 0 spiro atoms. The highest BCUT2D eigenvalue weighted by Gasteiger charge is 2.25. The molecule has 0 unspecified atom stereocenters. The van der Waals surface area contributed by atoms with Crippen molar-refractivity contribution in [1.29, 1.82) is 0 Å². The van der Waals surface area contributed by atoms with Crippen LogP contribution >= 0.6 is 11.3 Å². The third-order valence-electron chi connectivity index (χ3n) is 5.21. The number of hydrogen-bond donors (Lipinski definition) is 1. The Balaban J connectivity index is 1.37. The zero-order valence-corrected chi connectivity index (χ0v) is 16.8. The summed E-state index contributed by atoms with van der Waals surface area (Å²) in [4.78, 5) is 14.7. The average molecular weight is 411 g/mol. The summed E-state index contributed by atoms with van der Waals surface area (Å²) in [6.45, 7) is 2.26. The lowest BCUT2D eigenvalue weighted by atomic mass is 9.97. The third-order valence-corrected chi connectivity index (χ3v) is 5.91. The molecular formula is C23H23FN2O2S.